The zero-order valence-electron chi connectivity index (χ0n) is 10.5. The summed E-state index contributed by atoms with van der Waals surface area (Å²) in [4.78, 5) is 24.9. The fraction of sp³-hybridized carbons (Fsp3) is 0.0667. The Labute approximate surface area is 124 Å². The van der Waals surface area contributed by atoms with Gasteiger partial charge in [-0.1, -0.05) is 28.1 Å². The van der Waals surface area contributed by atoms with Crippen LogP contribution in [0.25, 0.3) is 0 Å². The van der Waals surface area contributed by atoms with Crippen LogP contribution in [0.3, 0.4) is 0 Å². The molecule has 1 aliphatic heterocycles. The molecule has 2 aromatic carbocycles. The van der Waals surface area contributed by atoms with Gasteiger partial charge in [0, 0.05) is 10.0 Å². The summed E-state index contributed by atoms with van der Waals surface area (Å²) in [5.41, 5.74) is 2.91. The monoisotopic (exact) mass is 330 g/mol. The summed E-state index contributed by atoms with van der Waals surface area (Å²) in [6, 6.07) is 12.9. The Morgan fingerprint density at radius 2 is 1.95 bits per heavy atom. The Morgan fingerprint density at radius 1 is 1.15 bits per heavy atom. The fourth-order valence-electron chi connectivity index (χ4n) is 2.30. The Kier molecular flexibility index (Phi) is 3.28. The van der Waals surface area contributed by atoms with Crippen LogP contribution in [0.1, 0.15) is 10.4 Å². The third-order valence-electron chi connectivity index (χ3n) is 3.18. The van der Waals surface area contributed by atoms with Crippen molar-refractivity contribution >= 4 is 45.2 Å². The van der Waals surface area contributed by atoms with Crippen LogP contribution in [-0.4, -0.2) is 18.7 Å². The molecule has 0 fully saturated rings. The van der Waals surface area contributed by atoms with Crippen molar-refractivity contribution in [1.82, 2.24) is 0 Å². The highest BCUT2D eigenvalue weighted by Gasteiger charge is 2.24. The van der Waals surface area contributed by atoms with Gasteiger partial charge in [-0.05, 0) is 30.3 Å². The molecule has 0 aliphatic carbocycles. The second-order valence-corrected chi connectivity index (χ2v) is 5.39. The van der Waals surface area contributed by atoms with E-state index in [2.05, 4.69) is 21.2 Å². The number of halogens is 1. The molecule has 1 heterocycles. The normalized spacial score (nSPS) is 13.7. The third kappa shape index (κ3) is 2.20. The molecule has 0 atom stereocenters. The van der Waals surface area contributed by atoms with Crippen LogP contribution in [0.15, 0.2) is 46.9 Å². The molecule has 0 bridgehead atoms. The maximum Gasteiger partial charge on any atom is 0.244 e. The molecule has 1 aliphatic rings. The third-order valence-corrected chi connectivity index (χ3v) is 3.67. The number of fused-ring (bicyclic) bond motifs is 1. The summed E-state index contributed by atoms with van der Waals surface area (Å²) in [5.74, 6) is -0.0967. The molecular formula is C15H11BrN2O2. The highest BCUT2D eigenvalue weighted by atomic mass is 79.9. The maximum atomic E-state index is 11.8. The summed E-state index contributed by atoms with van der Waals surface area (Å²) in [7, 11) is 0. The van der Waals surface area contributed by atoms with Gasteiger partial charge in [0.25, 0.3) is 0 Å². The van der Waals surface area contributed by atoms with E-state index in [1.165, 1.54) is 0 Å². The van der Waals surface area contributed by atoms with Gasteiger partial charge < -0.3 is 10.2 Å². The molecule has 1 N–H and O–H groups in total. The van der Waals surface area contributed by atoms with E-state index < -0.39 is 0 Å². The number of aldehydes is 1. The Bertz CT molecular complexity index is 700. The molecule has 0 saturated heterocycles. The first-order valence-electron chi connectivity index (χ1n) is 6.10. The molecule has 2 aromatic rings. The van der Waals surface area contributed by atoms with Crippen LogP contribution >= 0.6 is 15.9 Å². The Morgan fingerprint density at radius 3 is 2.75 bits per heavy atom. The van der Waals surface area contributed by atoms with Crippen molar-refractivity contribution in [3.8, 4) is 0 Å². The first-order valence-corrected chi connectivity index (χ1v) is 6.89. The van der Waals surface area contributed by atoms with Crippen LogP contribution in [0.5, 0.6) is 0 Å². The summed E-state index contributed by atoms with van der Waals surface area (Å²) >= 11 is 3.40. The van der Waals surface area contributed by atoms with Crippen molar-refractivity contribution in [2.24, 2.45) is 0 Å². The lowest BCUT2D eigenvalue weighted by atomic mass is 10.1. The van der Waals surface area contributed by atoms with E-state index in [9.17, 15) is 9.59 Å². The smallest absolute Gasteiger partial charge is 0.244 e. The molecule has 4 nitrogen and oxygen atoms in total. The van der Waals surface area contributed by atoms with Gasteiger partial charge in [-0.2, -0.15) is 0 Å². The van der Waals surface area contributed by atoms with Gasteiger partial charge in [0.05, 0.1) is 17.1 Å². The number of amides is 1. The van der Waals surface area contributed by atoms with Gasteiger partial charge in [0.15, 0.2) is 6.29 Å². The van der Waals surface area contributed by atoms with E-state index in [4.69, 9.17) is 0 Å². The summed E-state index contributed by atoms with van der Waals surface area (Å²) in [5, 5.41) is 2.83. The minimum atomic E-state index is -0.0967. The first-order chi connectivity index (χ1) is 9.69. The van der Waals surface area contributed by atoms with Crippen molar-refractivity contribution in [3.05, 3.63) is 52.5 Å². The van der Waals surface area contributed by atoms with E-state index in [1.54, 1.807) is 6.07 Å². The summed E-state index contributed by atoms with van der Waals surface area (Å²) in [6.45, 7) is 0.189. The molecule has 3 rings (SSSR count). The number of hydrogen-bond acceptors (Lipinski definition) is 3. The number of carbonyl (C=O) groups excluding carboxylic acids is 2. The van der Waals surface area contributed by atoms with Gasteiger partial charge in [-0.25, -0.2) is 0 Å². The van der Waals surface area contributed by atoms with Gasteiger partial charge in [0.2, 0.25) is 5.91 Å². The van der Waals surface area contributed by atoms with Gasteiger partial charge in [-0.3, -0.25) is 9.59 Å². The van der Waals surface area contributed by atoms with Crippen LogP contribution in [-0.2, 0) is 4.79 Å². The standard InChI is InChI=1S/C15H11BrN2O2/c16-11-6-5-10(9-19)14(7-11)18-8-15(20)17-12-3-1-2-4-13(12)18/h1-7,9H,8H2,(H,17,20). The number of nitrogens with one attached hydrogen (secondary N) is 1. The largest absolute Gasteiger partial charge is 0.330 e. The minimum Gasteiger partial charge on any atom is -0.330 e. The average molecular weight is 331 g/mol. The lowest BCUT2D eigenvalue weighted by Gasteiger charge is -2.31. The molecule has 20 heavy (non-hydrogen) atoms. The van der Waals surface area contributed by atoms with E-state index in [1.807, 2.05) is 41.3 Å². The molecule has 100 valence electrons. The SMILES string of the molecule is O=Cc1ccc(Br)cc1N1CC(=O)Nc2ccccc21. The van der Waals surface area contributed by atoms with E-state index in [-0.39, 0.29) is 12.5 Å². The molecule has 0 spiro atoms. The van der Waals surface area contributed by atoms with E-state index >= 15 is 0 Å². The zero-order valence-corrected chi connectivity index (χ0v) is 12.1. The zero-order chi connectivity index (χ0) is 14.1. The van der Waals surface area contributed by atoms with E-state index in [0.29, 0.717) is 5.56 Å². The number of carbonyl (C=O) groups is 2. The molecule has 1 amide bonds. The van der Waals surface area contributed by atoms with Crippen LogP contribution in [0, 0.1) is 0 Å². The predicted molar refractivity (Wildman–Crippen MR) is 81.6 cm³/mol. The van der Waals surface area contributed by atoms with Gasteiger partial charge >= 0.3 is 0 Å². The minimum absolute atomic E-state index is 0.0967. The van der Waals surface area contributed by atoms with Crippen molar-refractivity contribution in [2.75, 3.05) is 16.8 Å². The van der Waals surface area contributed by atoms with Crippen molar-refractivity contribution in [2.45, 2.75) is 0 Å². The number of hydrogen-bond donors (Lipinski definition) is 1. The van der Waals surface area contributed by atoms with Crippen LogP contribution in [0.2, 0.25) is 0 Å². The fourth-order valence-corrected chi connectivity index (χ4v) is 2.65. The summed E-state index contributed by atoms with van der Waals surface area (Å²) < 4.78 is 0.863. The van der Waals surface area contributed by atoms with Gasteiger partial charge in [-0.15, -0.1) is 0 Å². The highest BCUT2D eigenvalue weighted by Crippen LogP contribution is 2.37. The molecular weight excluding hydrogens is 320 g/mol. The molecule has 0 radical (unpaired) electrons. The van der Waals surface area contributed by atoms with Crippen molar-refractivity contribution in [3.63, 3.8) is 0 Å². The lowest BCUT2D eigenvalue weighted by Crippen LogP contribution is -2.35. The predicted octanol–water partition coefficient (Wildman–Crippen LogP) is 3.35. The van der Waals surface area contributed by atoms with E-state index in [0.717, 1.165) is 27.8 Å². The lowest BCUT2D eigenvalue weighted by molar-refractivity contribution is -0.115. The van der Waals surface area contributed by atoms with Crippen LogP contribution in [0.4, 0.5) is 17.1 Å². The molecule has 0 aromatic heterocycles. The number of anilines is 3. The number of rotatable bonds is 2. The molecule has 0 unspecified atom stereocenters. The van der Waals surface area contributed by atoms with Crippen molar-refractivity contribution < 1.29 is 9.59 Å². The van der Waals surface area contributed by atoms with Crippen molar-refractivity contribution in [1.29, 1.82) is 0 Å². The Balaban J connectivity index is 2.17. The second kappa shape index (κ2) is 5.09. The highest BCUT2D eigenvalue weighted by molar-refractivity contribution is 9.10. The van der Waals surface area contributed by atoms with Crippen LogP contribution < -0.4 is 10.2 Å². The summed E-state index contributed by atoms with van der Waals surface area (Å²) in [6.07, 6.45) is 0.802. The quantitative estimate of drug-likeness (QED) is 0.859. The van der Waals surface area contributed by atoms with Gasteiger partial charge in [0.1, 0.15) is 6.54 Å². The average Bonchev–Trinajstić information content (AvgIpc) is 2.46. The molecule has 0 saturated carbocycles. The Hall–Kier alpha value is -2.14. The maximum absolute atomic E-state index is 11.8. The number of nitrogens with zero attached hydrogens (tertiary/aromatic N) is 1. The number of benzene rings is 2. The molecule has 5 heteroatoms. The second-order valence-electron chi connectivity index (χ2n) is 4.47. The first kappa shape index (κ1) is 12.9. The topological polar surface area (TPSA) is 49.4 Å². The number of para-hydroxylation sites is 2.